The average Bonchev–Trinajstić information content (AvgIpc) is 2.61. The Morgan fingerprint density at radius 3 is 2.12 bits per heavy atom. The third-order valence-corrected chi connectivity index (χ3v) is 3.48. The molecule has 2 rings (SSSR count). The van der Waals surface area contributed by atoms with Crippen LogP contribution in [0.25, 0.3) is 6.08 Å². The molecule has 2 amide bonds. The van der Waals surface area contributed by atoms with Crippen LogP contribution in [0.2, 0.25) is 0 Å². The summed E-state index contributed by atoms with van der Waals surface area (Å²) in [5.41, 5.74) is 2.58. The molecule has 0 aliphatic rings. The molecule has 0 aromatic heterocycles. The van der Waals surface area contributed by atoms with Gasteiger partial charge in [-0.25, -0.2) is 0 Å². The highest BCUT2D eigenvalue weighted by atomic mass is 16.2. The quantitative estimate of drug-likeness (QED) is 0.830. The fourth-order valence-electron chi connectivity index (χ4n) is 2.11. The smallest absolute Gasteiger partial charge is 0.267 e. The largest absolute Gasteiger partial charge is 0.378 e. The number of anilines is 1. The molecule has 0 atom stereocenters. The molecule has 0 radical (unpaired) electrons. The third kappa shape index (κ3) is 4.46. The van der Waals surface area contributed by atoms with Crippen LogP contribution in [0.5, 0.6) is 0 Å². The van der Waals surface area contributed by atoms with Gasteiger partial charge >= 0.3 is 0 Å². The van der Waals surface area contributed by atoms with Crippen molar-refractivity contribution in [2.75, 3.05) is 26.0 Å². The number of rotatable bonds is 5. The molecule has 2 N–H and O–H groups in total. The zero-order valence-electron chi connectivity index (χ0n) is 14.0. The monoisotopic (exact) mass is 323 g/mol. The predicted octanol–water partition coefficient (Wildman–Crippen LogP) is 2.27. The lowest BCUT2D eigenvalue weighted by atomic mass is 10.1. The summed E-state index contributed by atoms with van der Waals surface area (Å²) in [5, 5.41) is 5.21. The lowest BCUT2D eigenvalue weighted by molar-refractivity contribution is -0.117. The number of amides is 2. The summed E-state index contributed by atoms with van der Waals surface area (Å²) in [4.78, 5) is 26.3. The van der Waals surface area contributed by atoms with E-state index in [2.05, 4.69) is 10.6 Å². The molecule has 2 aromatic rings. The van der Waals surface area contributed by atoms with E-state index in [0.717, 1.165) is 11.3 Å². The minimum atomic E-state index is -0.351. The maximum atomic E-state index is 12.3. The molecule has 0 spiro atoms. The van der Waals surface area contributed by atoms with Gasteiger partial charge in [0.15, 0.2) is 0 Å². The standard InChI is InChI=1S/C19H21N3O2/c1-20-19(24)17(21-18(23)15-7-5-4-6-8-15)13-14-9-11-16(12-10-14)22(2)3/h4-13H,1-3H3,(H,20,24)(H,21,23)/b17-13-. The van der Waals surface area contributed by atoms with Crippen LogP contribution in [0.1, 0.15) is 15.9 Å². The molecule has 0 bridgehead atoms. The molecule has 124 valence electrons. The molecule has 24 heavy (non-hydrogen) atoms. The van der Waals surface area contributed by atoms with Gasteiger partial charge in [-0.15, -0.1) is 0 Å². The number of benzene rings is 2. The van der Waals surface area contributed by atoms with E-state index in [1.54, 1.807) is 30.3 Å². The highest BCUT2D eigenvalue weighted by Gasteiger charge is 2.13. The fourth-order valence-corrected chi connectivity index (χ4v) is 2.11. The van der Waals surface area contributed by atoms with Gasteiger partial charge in [0.25, 0.3) is 11.8 Å². The number of nitrogens with one attached hydrogen (secondary N) is 2. The van der Waals surface area contributed by atoms with Gasteiger partial charge in [0.05, 0.1) is 0 Å². The summed E-state index contributed by atoms with van der Waals surface area (Å²) in [6, 6.07) is 16.5. The van der Waals surface area contributed by atoms with Crippen LogP contribution in [0.4, 0.5) is 5.69 Å². The average molecular weight is 323 g/mol. The number of carbonyl (C=O) groups is 2. The summed E-state index contributed by atoms with van der Waals surface area (Å²) in [6.07, 6.45) is 1.65. The fraction of sp³-hybridized carbons (Fsp3) is 0.158. The van der Waals surface area contributed by atoms with Crippen LogP contribution >= 0.6 is 0 Å². The Morgan fingerprint density at radius 1 is 0.958 bits per heavy atom. The van der Waals surface area contributed by atoms with Crippen molar-refractivity contribution in [3.63, 3.8) is 0 Å². The SMILES string of the molecule is CNC(=O)/C(=C/c1ccc(N(C)C)cc1)NC(=O)c1ccccc1. The van der Waals surface area contributed by atoms with E-state index in [1.807, 2.05) is 49.3 Å². The molecule has 5 nitrogen and oxygen atoms in total. The minimum absolute atomic E-state index is 0.198. The zero-order chi connectivity index (χ0) is 17.5. The van der Waals surface area contributed by atoms with E-state index in [0.29, 0.717) is 5.56 Å². The molecule has 0 fully saturated rings. The van der Waals surface area contributed by atoms with E-state index in [1.165, 1.54) is 7.05 Å². The molecular weight excluding hydrogens is 302 g/mol. The lowest BCUT2D eigenvalue weighted by Crippen LogP contribution is -2.33. The summed E-state index contributed by atoms with van der Waals surface area (Å²) in [6.45, 7) is 0. The molecule has 0 saturated carbocycles. The van der Waals surface area contributed by atoms with Gasteiger partial charge in [0.1, 0.15) is 5.70 Å². The Balaban J connectivity index is 2.24. The van der Waals surface area contributed by atoms with Gasteiger partial charge in [-0.1, -0.05) is 30.3 Å². The van der Waals surface area contributed by atoms with Crippen LogP contribution < -0.4 is 15.5 Å². The van der Waals surface area contributed by atoms with Crippen LogP contribution in [0.3, 0.4) is 0 Å². The maximum Gasteiger partial charge on any atom is 0.267 e. The van der Waals surface area contributed by atoms with Crippen molar-refractivity contribution >= 4 is 23.6 Å². The first-order chi connectivity index (χ1) is 11.5. The number of carbonyl (C=O) groups excluding carboxylic acids is 2. The molecule has 0 aliphatic heterocycles. The van der Waals surface area contributed by atoms with Crippen molar-refractivity contribution in [1.82, 2.24) is 10.6 Å². The van der Waals surface area contributed by atoms with Gasteiger partial charge in [-0.05, 0) is 35.9 Å². The highest BCUT2D eigenvalue weighted by Crippen LogP contribution is 2.14. The van der Waals surface area contributed by atoms with Crippen LogP contribution in [0.15, 0.2) is 60.3 Å². The second kappa shape index (κ2) is 7.97. The van der Waals surface area contributed by atoms with Crippen LogP contribution in [-0.4, -0.2) is 33.0 Å². The normalized spacial score (nSPS) is 10.9. The summed E-state index contributed by atoms with van der Waals surface area (Å²) >= 11 is 0. The topological polar surface area (TPSA) is 61.4 Å². The summed E-state index contributed by atoms with van der Waals surface area (Å²) in [7, 11) is 5.45. The predicted molar refractivity (Wildman–Crippen MR) is 96.7 cm³/mol. The molecule has 0 unspecified atom stereocenters. The molecular formula is C19H21N3O2. The van der Waals surface area contributed by atoms with Crippen molar-refractivity contribution in [3.8, 4) is 0 Å². The molecule has 2 aromatic carbocycles. The first kappa shape index (κ1) is 17.3. The van der Waals surface area contributed by atoms with Gasteiger partial charge in [-0.3, -0.25) is 9.59 Å². The summed E-state index contributed by atoms with van der Waals surface area (Å²) < 4.78 is 0. The Hall–Kier alpha value is -3.08. The number of hydrogen-bond acceptors (Lipinski definition) is 3. The van der Waals surface area contributed by atoms with E-state index in [9.17, 15) is 9.59 Å². The Morgan fingerprint density at radius 2 is 1.58 bits per heavy atom. The first-order valence-corrected chi connectivity index (χ1v) is 7.59. The molecule has 0 heterocycles. The minimum Gasteiger partial charge on any atom is -0.378 e. The molecule has 0 aliphatic carbocycles. The molecule has 5 heteroatoms. The van der Waals surface area contributed by atoms with Crippen molar-refractivity contribution in [1.29, 1.82) is 0 Å². The molecule has 0 saturated heterocycles. The van der Waals surface area contributed by atoms with Gasteiger partial charge in [-0.2, -0.15) is 0 Å². The van der Waals surface area contributed by atoms with Crippen molar-refractivity contribution < 1.29 is 9.59 Å². The van der Waals surface area contributed by atoms with Crippen molar-refractivity contribution in [2.24, 2.45) is 0 Å². The van der Waals surface area contributed by atoms with E-state index in [-0.39, 0.29) is 17.5 Å². The number of likely N-dealkylation sites (N-methyl/N-ethyl adjacent to an activating group) is 1. The Kier molecular flexibility index (Phi) is 5.73. The summed E-state index contributed by atoms with van der Waals surface area (Å²) in [5.74, 6) is -0.675. The lowest BCUT2D eigenvalue weighted by Gasteiger charge is -2.12. The second-order valence-electron chi connectivity index (χ2n) is 5.44. The van der Waals surface area contributed by atoms with E-state index < -0.39 is 0 Å². The van der Waals surface area contributed by atoms with Crippen LogP contribution in [0, 0.1) is 0 Å². The zero-order valence-corrected chi connectivity index (χ0v) is 14.0. The number of hydrogen-bond donors (Lipinski definition) is 2. The van der Waals surface area contributed by atoms with E-state index in [4.69, 9.17) is 0 Å². The Bertz CT molecular complexity index is 735. The number of nitrogens with zero attached hydrogens (tertiary/aromatic N) is 1. The Labute approximate surface area is 142 Å². The van der Waals surface area contributed by atoms with E-state index >= 15 is 0 Å². The van der Waals surface area contributed by atoms with Gasteiger partial charge < -0.3 is 15.5 Å². The maximum absolute atomic E-state index is 12.3. The highest BCUT2D eigenvalue weighted by molar-refractivity contribution is 6.05. The second-order valence-corrected chi connectivity index (χ2v) is 5.44. The van der Waals surface area contributed by atoms with Gasteiger partial charge in [0, 0.05) is 32.4 Å². The van der Waals surface area contributed by atoms with Crippen molar-refractivity contribution in [2.45, 2.75) is 0 Å². The first-order valence-electron chi connectivity index (χ1n) is 7.59. The van der Waals surface area contributed by atoms with Gasteiger partial charge in [0.2, 0.25) is 0 Å². The third-order valence-electron chi connectivity index (χ3n) is 3.48. The van der Waals surface area contributed by atoms with Crippen molar-refractivity contribution in [3.05, 3.63) is 71.4 Å². The van der Waals surface area contributed by atoms with Crippen LogP contribution in [-0.2, 0) is 4.79 Å².